The van der Waals surface area contributed by atoms with Crippen LogP contribution >= 0.6 is 34.2 Å². The lowest BCUT2D eigenvalue weighted by Gasteiger charge is -2.30. The minimum Gasteiger partial charge on any atom is -1.00 e. The lowest BCUT2D eigenvalue weighted by atomic mass is 10.1. The molecule has 1 aliphatic rings. The number of benzene rings is 7. The van der Waals surface area contributed by atoms with Crippen LogP contribution in [0.25, 0.3) is 0 Å². The van der Waals surface area contributed by atoms with Crippen LogP contribution in [0.3, 0.4) is 0 Å². The zero-order valence-corrected chi connectivity index (χ0v) is 82.8. The summed E-state index contributed by atoms with van der Waals surface area (Å²) in [5, 5.41) is 33.7. The van der Waals surface area contributed by atoms with Gasteiger partial charge in [0.1, 0.15) is 39.5 Å². The summed E-state index contributed by atoms with van der Waals surface area (Å²) >= 11 is 11.3. The highest BCUT2D eigenvalue weighted by molar-refractivity contribution is 14.1. The summed E-state index contributed by atoms with van der Waals surface area (Å²) in [5.41, 5.74) is 12.4. The van der Waals surface area contributed by atoms with E-state index in [2.05, 4.69) is 197 Å². The Morgan fingerprint density at radius 1 is 0.508 bits per heavy atom. The van der Waals surface area contributed by atoms with E-state index in [4.69, 9.17) is 45.7 Å². The van der Waals surface area contributed by atoms with E-state index in [0.717, 1.165) is 93.7 Å². The van der Waals surface area contributed by atoms with Crippen LogP contribution in [-0.4, -0.2) is 183 Å². The molecule has 7 aromatic carbocycles. The quantitative estimate of drug-likeness (QED) is 0.00318. The number of carbonyl (C=O) groups is 11. The SMILES string of the molecule is CCC(=O)NCc1ccc(CN(C)CCNC(=O)OCc2ccccc2)cc1.CCC(=O)NCc1ccc(C[N+](C)(C)CCNC(=O)OCc2ccccc2)cc1.CCC(=O)O.CCC(=O)ON1C(=O)CCC1=O.CCC[N+](C)(C)Cc1ccc(CNC(=O)CC)cc1.CI.C[NH+](CCNC(=O)OCc1ccccc1)Cc1ccc(CCl)cc1.N.N=S.O=CO[O-].[Cl-].[I-]. The molecule has 1 unspecified atom stereocenters. The summed E-state index contributed by atoms with van der Waals surface area (Å²) in [5.74, 6) is -1.45. The second kappa shape index (κ2) is 77.1. The molecule has 8 rings (SSSR count). The van der Waals surface area contributed by atoms with E-state index in [1.807, 2.05) is 148 Å². The molecule has 0 aliphatic carbocycles. The molecule has 8 amide bonds. The van der Waals surface area contributed by atoms with E-state index in [9.17, 15) is 47.9 Å². The van der Waals surface area contributed by atoms with Gasteiger partial charge in [0, 0.05) is 119 Å². The molecule has 710 valence electrons. The number of halogens is 4. The summed E-state index contributed by atoms with van der Waals surface area (Å²) in [4.78, 5) is 132. The molecule has 0 radical (unpaired) electrons. The lowest BCUT2D eigenvalue weighted by Crippen LogP contribution is -3.08. The van der Waals surface area contributed by atoms with Crippen molar-refractivity contribution in [2.75, 3.05) is 93.0 Å². The van der Waals surface area contributed by atoms with Gasteiger partial charge in [0.15, 0.2) is 0 Å². The van der Waals surface area contributed by atoms with Gasteiger partial charge < -0.3 is 128 Å². The minimum atomic E-state index is -0.745. The van der Waals surface area contributed by atoms with Crippen molar-refractivity contribution in [2.24, 2.45) is 0 Å². The molecule has 1 aliphatic heterocycles. The number of quaternary nitrogens is 3. The van der Waals surface area contributed by atoms with Crippen LogP contribution in [0.15, 0.2) is 188 Å². The number of amides is 8. The first kappa shape index (κ1) is 124. The van der Waals surface area contributed by atoms with Crippen LogP contribution in [-0.2, 0) is 146 Å². The Labute approximate surface area is 803 Å². The minimum absolute atomic E-state index is 0. The third-order valence-corrected chi connectivity index (χ3v) is 18.0. The van der Waals surface area contributed by atoms with Crippen LogP contribution in [0.2, 0.25) is 0 Å². The van der Waals surface area contributed by atoms with Crippen molar-refractivity contribution in [3.8, 4) is 0 Å². The fourth-order valence-corrected chi connectivity index (χ4v) is 11.1. The largest absolute Gasteiger partial charge is 1.00 e. The van der Waals surface area contributed by atoms with Crippen LogP contribution in [0.4, 0.5) is 14.4 Å². The number of rotatable bonds is 39. The average Bonchev–Trinajstić information content (AvgIpc) is 1.78. The summed E-state index contributed by atoms with van der Waals surface area (Å²) in [6, 6.07) is 62.2. The van der Waals surface area contributed by atoms with Gasteiger partial charge in [-0.25, -0.2) is 24.0 Å². The van der Waals surface area contributed by atoms with Gasteiger partial charge in [0.05, 0.1) is 68.0 Å². The van der Waals surface area contributed by atoms with E-state index in [-0.39, 0.29) is 112 Å². The number of nitrogens with zero attached hydrogens (tertiary/aromatic N) is 4. The molecular formula is C92H135Cl2I2N13O18S. The Kier molecular flexibility index (Phi) is 75.0. The third kappa shape index (κ3) is 64.0. The van der Waals surface area contributed by atoms with Gasteiger partial charge in [-0.3, -0.25) is 33.6 Å². The first-order valence-corrected chi connectivity index (χ1v) is 44.3. The van der Waals surface area contributed by atoms with Crippen molar-refractivity contribution in [2.45, 2.75) is 164 Å². The first-order valence-electron chi connectivity index (χ1n) is 41.2. The molecule has 0 spiro atoms. The molecule has 1 atom stereocenters. The second-order valence-corrected chi connectivity index (χ2v) is 29.6. The molecule has 0 bridgehead atoms. The summed E-state index contributed by atoms with van der Waals surface area (Å²) in [6.45, 7) is 22.1. The van der Waals surface area contributed by atoms with Crippen LogP contribution < -0.4 is 84.6 Å². The molecule has 1 heterocycles. The molecule has 0 saturated carbocycles. The Balaban J connectivity index is -0.000000734. The molecule has 1 fully saturated rings. The lowest BCUT2D eigenvalue weighted by molar-refractivity contribution is -0.903. The predicted octanol–water partition coefficient (Wildman–Crippen LogP) is 5.79. The maximum Gasteiger partial charge on any atom is 0.407 e. The molecular weight excluding hydrogens is 1930 g/mol. The molecule has 31 nitrogen and oxygen atoms in total. The number of alkyl carbamates (subject to hydrolysis) is 3. The van der Waals surface area contributed by atoms with Gasteiger partial charge in [-0.05, 0) is 62.9 Å². The number of hydrogen-bond acceptors (Lipinski definition) is 21. The number of ether oxygens (including phenoxy) is 3. The van der Waals surface area contributed by atoms with E-state index in [1.54, 1.807) is 13.8 Å². The molecule has 36 heteroatoms. The zero-order valence-electron chi connectivity index (χ0n) is 76.2. The fourth-order valence-electron chi connectivity index (χ4n) is 10.9. The van der Waals surface area contributed by atoms with E-state index in [1.165, 1.54) is 40.1 Å². The van der Waals surface area contributed by atoms with Crippen molar-refractivity contribution in [3.05, 3.63) is 249 Å². The number of likely N-dealkylation sites (N-methyl/N-ethyl adjacent to an activating group) is 3. The van der Waals surface area contributed by atoms with Gasteiger partial charge in [-0.1, -0.05) is 252 Å². The van der Waals surface area contributed by atoms with Crippen LogP contribution in [0.1, 0.15) is 154 Å². The Morgan fingerprint density at radius 2 is 0.828 bits per heavy atom. The number of carbonyl (C=O) groups excluding carboxylic acids is 10. The summed E-state index contributed by atoms with van der Waals surface area (Å²) < 4.78 is 22.7. The summed E-state index contributed by atoms with van der Waals surface area (Å²) in [7, 11) is 12.9. The molecule has 7 aromatic rings. The van der Waals surface area contributed by atoms with Crippen molar-refractivity contribution in [1.82, 2.24) is 48.0 Å². The average molecular weight is 2070 g/mol. The van der Waals surface area contributed by atoms with Crippen molar-refractivity contribution in [3.63, 3.8) is 0 Å². The Hall–Kier alpha value is -9.87. The second-order valence-electron chi connectivity index (χ2n) is 29.4. The Morgan fingerprint density at radius 3 is 1.16 bits per heavy atom. The third-order valence-electron chi connectivity index (χ3n) is 17.7. The van der Waals surface area contributed by atoms with Gasteiger partial charge in [0.2, 0.25) is 17.7 Å². The number of hydrogen-bond donors (Lipinski definition) is 10. The topological polar surface area (TPSA) is 419 Å². The van der Waals surface area contributed by atoms with Gasteiger partial charge in [0.25, 0.3) is 18.3 Å². The predicted molar refractivity (Wildman–Crippen MR) is 497 cm³/mol. The molecule has 12 N–H and O–H groups in total. The number of carboxylic acids is 1. The fraction of sp³-hybridized carbons (Fsp3) is 0.424. The number of aliphatic carboxylic acids is 1. The van der Waals surface area contributed by atoms with Gasteiger partial charge in [-0.2, -0.15) is 0 Å². The highest BCUT2D eigenvalue weighted by Gasteiger charge is 2.32. The number of imide groups is 1. The number of alkyl halides is 2. The van der Waals surface area contributed by atoms with Gasteiger partial charge in [-0.15, -0.1) is 16.7 Å². The van der Waals surface area contributed by atoms with Crippen molar-refractivity contribution < 1.29 is 137 Å². The number of carboxylic acid groups (broad SMARTS) is 1. The normalized spacial score (nSPS) is 10.8. The molecule has 1 saturated heterocycles. The monoisotopic (exact) mass is 2070 g/mol. The standard InChI is InChI=1S/C23H31N3O3.C22H29N3O3.C19H23ClN2O2.C16H26N2O.C7H9NO4.C3H6O2.CH3I.CH2O3.ClH.HI.HNS.H3N/c1-4-22(27)25-16-19-10-12-20(13-11-19)17-26(2,3)15-14-24-23(28)29-18-21-8-6-5-7-9-21;1-3-21(26)24-15-18-9-11-19(12-10-18)16-25(2)14-13-23-22(27)28-17-20-7-5-4-6-8-20;1-22(14-17-9-7-16(13-20)8-10-17)12-11-21-19(23)24-15-18-5-3-2-4-6-18;1-5-11-18(3,4)13-15-9-7-14(8-10-15)12-17-16(19)6-2;1-2-7(11)12-8-5(9)3-4-6(8)10;1-2-3(4)5;1-2;2-1-4-3;;;1-2;/h5-13H,4,14-18H2,1-3H3,(H-,24,25,27,28);4-12H,3,13-17H2,1-2H3,(H,23,27)(H,24,26);2-10H,11-15H2,1H3,(H,21,23);7-10H,5-6,11-13H2,1-4H3;2-4H2,1H3;2H2,1H3,(H,4,5);1H3;1,3H;2*1H;1H;1H3. The van der Waals surface area contributed by atoms with Crippen molar-refractivity contribution in [1.29, 1.82) is 4.78 Å². The number of hydroxylamine groups is 2. The first-order chi connectivity index (χ1) is 59.9. The highest BCUT2D eigenvalue weighted by Crippen LogP contribution is 2.16. The van der Waals surface area contributed by atoms with E-state index < -0.39 is 35.9 Å². The van der Waals surface area contributed by atoms with Crippen LogP contribution in [0.5, 0.6) is 0 Å². The molecule has 128 heavy (non-hydrogen) atoms. The smallest absolute Gasteiger partial charge is 0.407 e. The highest BCUT2D eigenvalue weighted by atomic mass is 127. The Bertz CT molecular complexity index is 4150. The van der Waals surface area contributed by atoms with E-state index in [0.29, 0.717) is 76.1 Å². The maximum atomic E-state index is 11.9. The van der Waals surface area contributed by atoms with Crippen LogP contribution in [0, 0.1) is 4.78 Å². The molecule has 0 aromatic heterocycles. The van der Waals surface area contributed by atoms with E-state index >= 15 is 0 Å². The van der Waals surface area contributed by atoms with Gasteiger partial charge >= 0.3 is 30.2 Å². The summed E-state index contributed by atoms with van der Waals surface area (Å²) in [6.07, 6.45) is 2.20. The zero-order chi connectivity index (χ0) is 93.6. The van der Waals surface area contributed by atoms with Crippen molar-refractivity contribution >= 4 is 113 Å². The number of nitrogens with one attached hydrogen (secondary N) is 8. The maximum absolute atomic E-state index is 11.9.